The number of ether oxygens (including phenoxy) is 2. The Balaban J connectivity index is 3.88. The Morgan fingerprint density at radius 3 is 2.27 bits per heavy atom. The summed E-state index contributed by atoms with van der Waals surface area (Å²) in [6, 6.07) is 0. The summed E-state index contributed by atoms with van der Waals surface area (Å²) >= 11 is 0. The molecule has 0 aromatic carbocycles. The maximum Gasteiger partial charge on any atom is 0.330 e. The Bertz CT molecular complexity index is 205. The molecule has 0 fully saturated rings. The third-order valence-electron chi connectivity index (χ3n) is 1.90. The van der Waals surface area contributed by atoms with Gasteiger partial charge in [0.15, 0.2) is 6.29 Å². The molecular weight excluding hydrogens is 196 g/mol. The maximum absolute atomic E-state index is 10.5. The molecule has 0 aliphatic carbocycles. The fraction of sp³-hybridized carbons (Fsp3) is 0.727. The van der Waals surface area contributed by atoms with E-state index in [1.807, 2.05) is 13.8 Å². The van der Waals surface area contributed by atoms with Crippen molar-refractivity contribution in [2.45, 2.75) is 39.9 Å². The van der Waals surface area contributed by atoms with E-state index in [-0.39, 0.29) is 6.29 Å². The van der Waals surface area contributed by atoms with E-state index in [1.165, 1.54) is 0 Å². The SMILES string of the molecule is CCOC(CCC=C(C)C(=O)O)OCC. The Morgan fingerprint density at radius 1 is 1.33 bits per heavy atom. The lowest BCUT2D eigenvalue weighted by Crippen LogP contribution is -2.16. The molecule has 0 spiro atoms. The molecule has 4 nitrogen and oxygen atoms in total. The number of hydrogen-bond acceptors (Lipinski definition) is 3. The number of rotatable bonds is 8. The summed E-state index contributed by atoms with van der Waals surface area (Å²) in [4.78, 5) is 10.5. The number of carboxylic acids is 1. The molecule has 15 heavy (non-hydrogen) atoms. The molecule has 0 saturated heterocycles. The average Bonchev–Trinajstić information content (AvgIpc) is 2.18. The molecule has 0 radical (unpaired) electrons. The van der Waals surface area contributed by atoms with Crippen molar-refractivity contribution in [3.8, 4) is 0 Å². The summed E-state index contributed by atoms with van der Waals surface area (Å²) in [7, 11) is 0. The van der Waals surface area contributed by atoms with Crippen LogP contribution in [0.2, 0.25) is 0 Å². The molecule has 88 valence electrons. The number of carboxylic acid groups (broad SMARTS) is 1. The van der Waals surface area contributed by atoms with Crippen LogP contribution in [0.15, 0.2) is 11.6 Å². The van der Waals surface area contributed by atoms with Crippen molar-refractivity contribution in [2.75, 3.05) is 13.2 Å². The van der Waals surface area contributed by atoms with E-state index in [4.69, 9.17) is 14.6 Å². The van der Waals surface area contributed by atoms with Crippen LogP contribution in [0.25, 0.3) is 0 Å². The first-order valence-corrected chi connectivity index (χ1v) is 5.25. The standard InChI is InChI=1S/C11H20O4/c1-4-14-10(15-5-2)8-6-7-9(3)11(12)13/h7,10H,4-6,8H2,1-3H3,(H,12,13). The first-order chi connectivity index (χ1) is 7.11. The van der Waals surface area contributed by atoms with Crippen molar-refractivity contribution >= 4 is 5.97 Å². The summed E-state index contributed by atoms with van der Waals surface area (Å²) in [5, 5.41) is 8.62. The van der Waals surface area contributed by atoms with Crippen molar-refractivity contribution in [2.24, 2.45) is 0 Å². The summed E-state index contributed by atoms with van der Waals surface area (Å²) in [6.45, 7) is 6.60. The fourth-order valence-corrected chi connectivity index (χ4v) is 1.11. The van der Waals surface area contributed by atoms with Crippen LogP contribution in [0, 0.1) is 0 Å². The van der Waals surface area contributed by atoms with Crippen LogP contribution in [0.3, 0.4) is 0 Å². The molecule has 0 unspecified atom stereocenters. The molecule has 0 aromatic heterocycles. The van der Waals surface area contributed by atoms with Gasteiger partial charge in [-0.3, -0.25) is 0 Å². The van der Waals surface area contributed by atoms with Crippen molar-refractivity contribution in [1.29, 1.82) is 0 Å². The second-order valence-electron chi connectivity index (χ2n) is 3.11. The molecule has 0 bridgehead atoms. The predicted octanol–water partition coefficient (Wildman–Crippen LogP) is 2.20. The Kier molecular flexibility index (Phi) is 7.95. The van der Waals surface area contributed by atoms with Gasteiger partial charge in [-0.15, -0.1) is 0 Å². The Hall–Kier alpha value is -0.870. The minimum absolute atomic E-state index is 0.224. The van der Waals surface area contributed by atoms with Crippen molar-refractivity contribution in [1.82, 2.24) is 0 Å². The quantitative estimate of drug-likeness (QED) is 0.499. The van der Waals surface area contributed by atoms with Gasteiger partial charge in [0, 0.05) is 25.2 Å². The van der Waals surface area contributed by atoms with Gasteiger partial charge < -0.3 is 14.6 Å². The summed E-state index contributed by atoms with van der Waals surface area (Å²) in [5.74, 6) is -0.876. The van der Waals surface area contributed by atoms with Crippen LogP contribution in [0.5, 0.6) is 0 Å². The minimum Gasteiger partial charge on any atom is -0.478 e. The molecule has 0 atom stereocenters. The maximum atomic E-state index is 10.5. The van der Waals surface area contributed by atoms with Crippen LogP contribution in [0.4, 0.5) is 0 Å². The van der Waals surface area contributed by atoms with E-state index in [0.717, 1.165) is 0 Å². The summed E-state index contributed by atoms with van der Waals surface area (Å²) in [5.41, 5.74) is 0.363. The molecule has 0 saturated carbocycles. The van der Waals surface area contributed by atoms with Crippen LogP contribution in [-0.2, 0) is 14.3 Å². The molecule has 0 aliphatic heterocycles. The van der Waals surface area contributed by atoms with Crippen LogP contribution in [-0.4, -0.2) is 30.6 Å². The molecular formula is C11H20O4. The van der Waals surface area contributed by atoms with Crippen LogP contribution < -0.4 is 0 Å². The second kappa shape index (κ2) is 8.44. The monoisotopic (exact) mass is 216 g/mol. The van der Waals surface area contributed by atoms with Gasteiger partial charge in [-0.05, 0) is 27.2 Å². The van der Waals surface area contributed by atoms with E-state index in [2.05, 4.69) is 0 Å². The lowest BCUT2D eigenvalue weighted by molar-refractivity contribution is -0.139. The highest BCUT2D eigenvalue weighted by Gasteiger charge is 2.06. The van der Waals surface area contributed by atoms with E-state index in [1.54, 1.807) is 13.0 Å². The zero-order valence-electron chi connectivity index (χ0n) is 9.66. The van der Waals surface area contributed by atoms with Gasteiger partial charge in [0.2, 0.25) is 0 Å². The number of aliphatic carboxylic acids is 1. The largest absolute Gasteiger partial charge is 0.478 e. The lowest BCUT2D eigenvalue weighted by Gasteiger charge is -2.15. The number of carbonyl (C=O) groups is 1. The van der Waals surface area contributed by atoms with E-state index < -0.39 is 5.97 Å². The third-order valence-corrected chi connectivity index (χ3v) is 1.90. The van der Waals surface area contributed by atoms with Gasteiger partial charge >= 0.3 is 5.97 Å². The highest BCUT2D eigenvalue weighted by Crippen LogP contribution is 2.07. The molecule has 0 heterocycles. The molecule has 0 aromatic rings. The van der Waals surface area contributed by atoms with E-state index in [0.29, 0.717) is 31.6 Å². The van der Waals surface area contributed by atoms with Crippen LogP contribution >= 0.6 is 0 Å². The fourth-order valence-electron chi connectivity index (χ4n) is 1.11. The van der Waals surface area contributed by atoms with Gasteiger partial charge in [0.25, 0.3) is 0 Å². The smallest absolute Gasteiger partial charge is 0.330 e. The molecule has 4 heteroatoms. The first kappa shape index (κ1) is 14.1. The molecule has 1 N–H and O–H groups in total. The van der Waals surface area contributed by atoms with E-state index >= 15 is 0 Å². The second-order valence-corrected chi connectivity index (χ2v) is 3.11. The van der Waals surface area contributed by atoms with Crippen molar-refractivity contribution in [3.05, 3.63) is 11.6 Å². The zero-order valence-corrected chi connectivity index (χ0v) is 9.66. The number of hydrogen-bond donors (Lipinski definition) is 1. The van der Waals surface area contributed by atoms with Crippen molar-refractivity contribution in [3.63, 3.8) is 0 Å². The van der Waals surface area contributed by atoms with Gasteiger partial charge in [0.1, 0.15) is 0 Å². The topological polar surface area (TPSA) is 55.8 Å². The third kappa shape index (κ3) is 7.11. The van der Waals surface area contributed by atoms with Crippen molar-refractivity contribution < 1.29 is 19.4 Å². The van der Waals surface area contributed by atoms with E-state index in [9.17, 15) is 4.79 Å². The van der Waals surface area contributed by atoms with Crippen LogP contribution in [0.1, 0.15) is 33.6 Å². The molecule has 0 rings (SSSR count). The zero-order chi connectivity index (χ0) is 11.7. The average molecular weight is 216 g/mol. The number of allylic oxidation sites excluding steroid dienone is 1. The van der Waals surface area contributed by atoms with Gasteiger partial charge in [-0.25, -0.2) is 4.79 Å². The van der Waals surface area contributed by atoms with Gasteiger partial charge in [-0.1, -0.05) is 6.08 Å². The molecule has 0 aliphatic rings. The lowest BCUT2D eigenvalue weighted by atomic mass is 10.2. The molecule has 0 amide bonds. The highest BCUT2D eigenvalue weighted by molar-refractivity contribution is 5.85. The highest BCUT2D eigenvalue weighted by atomic mass is 16.7. The normalized spacial score (nSPS) is 12.1. The van der Waals surface area contributed by atoms with Gasteiger partial charge in [-0.2, -0.15) is 0 Å². The Labute approximate surface area is 90.9 Å². The summed E-state index contributed by atoms with van der Waals surface area (Å²) in [6.07, 6.45) is 2.81. The van der Waals surface area contributed by atoms with Gasteiger partial charge in [0.05, 0.1) is 0 Å². The summed E-state index contributed by atoms with van der Waals surface area (Å²) < 4.78 is 10.7. The Morgan fingerprint density at radius 2 is 1.87 bits per heavy atom. The minimum atomic E-state index is -0.876. The predicted molar refractivity (Wildman–Crippen MR) is 57.7 cm³/mol. The first-order valence-electron chi connectivity index (χ1n) is 5.25.